The molecule has 2 atom stereocenters. The summed E-state index contributed by atoms with van der Waals surface area (Å²) in [4.78, 5) is 67.3. The fourth-order valence-corrected chi connectivity index (χ4v) is 4.55. The van der Waals surface area contributed by atoms with Crippen LogP contribution in [0.3, 0.4) is 0 Å². The van der Waals surface area contributed by atoms with Gasteiger partial charge in [-0.3, -0.25) is 19.4 Å². The summed E-state index contributed by atoms with van der Waals surface area (Å²) in [6.07, 6.45) is 0.0684. The third kappa shape index (κ3) is 11.6. The molecule has 0 bridgehead atoms. The SMILES string of the molecule is Cc1cc(=O)oc2cc(NC(=O)[C@H](CCCN=C(N)N)NC(=O)CNC(=O)[C@H](CC(C)C)NC(=O)OCc3ccccc3)ccc12. The number of aliphatic imine (C=N–C) groups is 1. The Balaban J connectivity index is 1.62. The van der Waals surface area contributed by atoms with Gasteiger partial charge in [-0.25, -0.2) is 9.59 Å². The number of carbonyl (C=O) groups is 4. The van der Waals surface area contributed by atoms with Crippen molar-refractivity contribution in [2.75, 3.05) is 18.4 Å². The number of fused-ring (bicyclic) bond motifs is 1. The monoisotopic (exact) mass is 635 g/mol. The Hall–Kier alpha value is -5.40. The van der Waals surface area contributed by atoms with Crippen LogP contribution in [0.2, 0.25) is 0 Å². The van der Waals surface area contributed by atoms with Crippen LogP contribution < -0.4 is 38.4 Å². The largest absolute Gasteiger partial charge is 0.445 e. The first kappa shape index (κ1) is 35.1. The molecule has 0 saturated carbocycles. The number of carbonyl (C=O) groups excluding carboxylic acids is 4. The highest BCUT2D eigenvalue weighted by Gasteiger charge is 2.25. The van der Waals surface area contributed by atoms with E-state index in [4.69, 9.17) is 20.6 Å². The first-order valence-electron chi connectivity index (χ1n) is 14.9. The van der Waals surface area contributed by atoms with Crippen LogP contribution in [0.1, 0.15) is 44.2 Å². The van der Waals surface area contributed by atoms with Crippen molar-refractivity contribution in [1.82, 2.24) is 16.0 Å². The molecule has 14 heteroatoms. The molecule has 3 aromatic rings. The van der Waals surface area contributed by atoms with E-state index < -0.39 is 48.1 Å². The van der Waals surface area contributed by atoms with Gasteiger partial charge in [-0.2, -0.15) is 0 Å². The molecule has 3 rings (SSSR count). The van der Waals surface area contributed by atoms with Gasteiger partial charge in [0.25, 0.3) is 0 Å². The smallest absolute Gasteiger partial charge is 0.408 e. The van der Waals surface area contributed by atoms with Crippen LogP contribution in [-0.2, 0) is 25.7 Å². The van der Waals surface area contributed by atoms with Gasteiger partial charge < -0.3 is 41.9 Å². The van der Waals surface area contributed by atoms with Gasteiger partial charge >= 0.3 is 11.7 Å². The Labute approximate surface area is 266 Å². The Morgan fingerprint density at radius 2 is 1.70 bits per heavy atom. The van der Waals surface area contributed by atoms with Crippen LogP contribution >= 0.6 is 0 Å². The van der Waals surface area contributed by atoms with Gasteiger partial charge in [0, 0.05) is 29.8 Å². The second-order valence-electron chi connectivity index (χ2n) is 11.1. The number of nitrogens with zero attached hydrogens (tertiary/aromatic N) is 1. The van der Waals surface area contributed by atoms with E-state index >= 15 is 0 Å². The van der Waals surface area contributed by atoms with Crippen LogP contribution in [-0.4, -0.2) is 54.9 Å². The summed E-state index contributed by atoms with van der Waals surface area (Å²) in [6, 6.07) is 13.4. The van der Waals surface area contributed by atoms with Gasteiger partial charge in [0.15, 0.2) is 5.96 Å². The fourth-order valence-electron chi connectivity index (χ4n) is 4.55. The highest BCUT2D eigenvalue weighted by atomic mass is 16.5. The van der Waals surface area contributed by atoms with E-state index in [1.807, 2.05) is 32.0 Å². The van der Waals surface area contributed by atoms with Gasteiger partial charge in [-0.1, -0.05) is 44.2 Å². The van der Waals surface area contributed by atoms with Gasteiger partial charge in [0.2, 0.25) is 17.7 Å². The standard InChI is InChI=1S/C32H41N7O7/c1-19(2)14-25(39-32(44)45-18-21-8-5-4-6-9-21)29(42)36-17-27(40)38-24(10-7-13-35-31(33)34)30(43)37-22-11-12-23-20(3)15-28(41)46-26(23)16-22/h4-6,8-9,11-12,15-16,19,24-25H,7,10,13-14,17-18H2,1-3H3,(H,36,42)(H,37,43)(H,38,40)(H,39,44)(H4,33,34,35)/t24-,25-/m0/s1. The number of alkyl carbamates (subject to hydrolysis) is 1. The topological polar surface area (TPSA) is 220 Å². The van der Waals surface area contributed by atoms with E-state index in [-0.39, 0.29) is 31.4 Å². The van der Waals surface area contributed by atoms with Gasteiger partial charge in [-0.05, 0) is 55.4 Å². The summed E-state index contributed by atoms with van der Waals surface area (Å²) >= 11 is 0. The Bertz CT molecular complexity index is 1600. The number of anilines is 1. The van der Waals surface area contributed by atoms with Crippen molar-refractivity contribution in [3.8, 4) is 0 Å². The molecule has 46 heavy (non-hydrogen) atoms. The average Bonchev–Trinajstić information content (AvgIpc) is 2.99. The number of rotatable bonds is 15. The summed E-state index contributed by atoms with van der Waals surface area (Å²) in [7, 11) is 0. The molecule has 14 nitrogen and oxygen atoms in total. The summed E-state index contributed by atoms with van der Waals surface area (Å²) < 4.78 is 10.5. The number of amides is 4. The minimum atomic E-state index is -1.02. The molecule has 8 N–H and O–H groups in total. The lowest BCUT2D eigenvalue weighted by Gasteiger charge is -2.21. The summed E-state index contributed by atoms with van der Waals surface area (Å²) in [5.41, 5.74) is 12.4. The van der Waals surface area contributed by atoms with E-state index in [0.29, 0.717) is 29.5 Å². The number of hydrogen-bond acceptors (Lipinski definition) is 8. The lowest BCUT2D eigenvalue weighted by molar-refractivity contribution is -0.129. The number of guanidine groups is 1. The third-order valence-electron chi connectivity index (χ3n) is 6.77. The van der Waals surface area contributed by atoms with E-state index in [2.05, 4.69) is 26.3 Å². The molecule has 0 spiro atoms. The summed E-state index contributed by atoms with van der Waals surface area (Å²) in [6.45, 7) is 5.36. The quantitative estimate of drug-likeness (QED) is 0.0622. The second-order valence-corrected chi connectivity index (χ2v) is 11.1. The minimum absolute atomic E-state index is 0.0328. The predicted octanol–water partition coefficient (Wildman–Crippen LogP) is 2.04. The van der Waals surface area contributed by atoms with E-state index in [1.165, 1.54) is 12.1 Å². The molecule has 1 heterocycles. The molecule has 0 unspecified atom stereocenters. The molecule has 0 aliphatic carbocycles. The molecule has 0 aliphatic rings. The molecule has 4 amide bonds. The van der Waals surface area contributed by atoms with Crippen molar-refractivity contribution in [3.05, 3.63) is 76.1 Å². The molecule has 0 aliphatic heterocycles. The number of hydrogen-bond donors (Lipinski definition) is 6. The molecule has 0 saturated heterocycles. The molecule has 246 valence electrons. The number of aryl methyl sites for hydroxylation is 1. The van der Waals surface area contributed by atoms with Crippen molar-refractivity contribution < 1.29 is 28.3 Å². The second kappa shape index (κ2) is 17.2. The number of nitrogens with one attached hydrogen (secondary N) is 4. The maximum Gasteiger partial charge on any atom is 0.408 e. The van der Waals surface area contributed by atoms with Gasteiger partial charge in [0.1, 0.15) is 24.3 Å². The minimum Gasteiger partial charge on any atom is -0.445 e. The number of ether oxygens (including phenoxy) is 1. The molecular weight excluding hydrogens is 594 g/mol. The maximum absolute atomic E-state index is 13.2. The van der Waals surface area contributed by atoms with E-state index in [0.717, 1.165) is 11.1 Å². The highest BCUT2D eigenvalue weighted by Crippen LogP contribution is 2.21. The first-order valence-corrected chi connectivity index (χ1v) is 14.9. The molecule has 0 radical (unpaired) electrons. The number of nitrogens with two attached hydrogens (primary N) is 2. The van der Waals surface area contributed by atoms with Crippen molar-refractivity contribution in [3.63, 3.8) is 0 Å². The lowest BCUT2D eigenvalue weighted by atomic mass is 10.0. The van der Waals surface area contributed by atoms with Gasteiger partial charge in [0.05, 0.1) is 6.54 Å². The summed E-state index contributed by atoms with van der Waals surface area (Å²) in [5.74, 6) is -1.81. The van der Waals surface area contributed by atoms with E-state index in [1.54, 1.807) is 31.2 Å². The van der Waals surface area contributed by atoms with Gasteiger partial charge in [-0.15, -0.1) is 0 Å². The van der Waals surface area contributed by atoms with Crippen LogP contribution in [0.25, 0.3) is 11.0 Å². The zero-order chi connectivity index (χ0) is 33.6. The zero-order valence-corrected chi connectivity index (χ0v) is 26.1. The van der Waals surface area contributed by atoms with E-state index in [9.17, 15) is 24.0 Å². The molecule has 1 aromatic heterocycles. The fraction of sp³-hybridized carbons (Fsp3) is 0.375. The van der Waals surface area contributed by atoms with Crippen molar-refractivity contribution in [2.24, 2.45) is 22.4 Å². The predicted molar refractivity (Wildman–Crippen MR) is 174 cm³/mol. The van der Waals surface area contributed by atoms with Crippen molar-refractivity contribution >= 4 is 46.4 Å². The summed E-state index contributed by atoms with van der Waals surface area (Å²) in [5, 5.41) is 11.2. The zero-order valence-electron chi connectivity index (χ0n) is 26.1. The Morgan fingerprint density at radius 1 is 0.957 bits per heavy atom. The van der Waals surface area contributed by atoms with Crippen molar-refractivity contribution in [2.45, 2.75) is 58.7 Å². The van der Waals surface area contributed by atoms with Crippen LogP contribution in [0, 0.1) is 12.8 Å². The molecule has 2 aromatic carbocycles. The Kier molecular flexibility index (Phi) is 13.1. The first-order chi connectivity index (χ1) is 21.9. The molecule has 0 fully saturated rings. The van der Waals surface area contributed by atoms with Crippen LogP contribution in [0.15, 0.2) is 68.8 Å². The lowest BCUT2D eigenvalue weighted by Crippen LogP contribution is -2.51. The molecular formula is C32H41N7O7. The average molecular weight is 636 g/mol. The van der Waals surface area contributed by atoms with Crippen LogP contribution in [0.5, 0.6) is 0 Å². The number of benzene rings is 2. The highest BCUT2D eigenvalue weighted by molar-refractivity contribution is 5.99. The van der Waals surface area contributed by atoms with Crippen LogP contribution in [0.4, 0.5) is 10.5 Å². The normalized spacial score (nSPS) is 12.1. The third-order valence-corrected chi connectivity index (χ3v) is 6.77. The Morgan fingerprint density at radius 3 is 2.39 bits per heavy atom. The van der Waals surface area contributed by atoms with Crippen molar-refractivity contribution in [1.29, 1.82) is 0 Å². The maximum atomic E-state index is 13.2.